The quantitative estimate of drug-likeness (QED) is 0.570. The molecule has 124 valence electrons. The van der Waals surface area contributed by atoms with Crippen molar-refractivity contribution < 1.29 is 19.8 Å². The van der Waals surface area contributed by atoms with Crippen molar-refractivity contribution in [3.05, 3.63) is 35.9 Å². The first-order valence-electron chi connectivity index (χ1n) is 7.66. The Morgan fingerprint density at radius 2 is 1.55 bits per heavy atom. The number of hydrogen-bond donors (Lipinski definition) is 2. The maximum absolute atomic E-state index is 9.10. The normalized spacial score (nSPS) is 9.95. The highest BCUT2D eigenvalue weighted by molar-refractivity contribution is 6.27. The minimum atomic E-state index is -1.82. The number of carboxylic acids is 2. The van der Waals surface area contributed by atoms with Gasteiger partial charge in [0, 0.05) is 6.54 Å². The van der Waals surface area contributed by atoms with Crippen LogP contribution in [0.25, 0.3) is 0 Å². The van der Waals surface area contributed by atoms with Crippen LogP contribution in [0.5, 0.6) is 0 Å². The first-order valence-corrected chi connectivity index (χ1v) is 7.66. The maximum Gasteiger partial charge on any atom is 0.414 e. The first kappa shape index (κ1) is 20.1. The number of rotatable bonds is 8. The van der Waals surface area contributed by atoms with Crippen LogP contribution in [0.4, 0.5) is 0 Å². The summed E-state index contributed by atoms with van der Waals surface area (Å²) in [6, 6.07) is 10.8. The van der Waals surface area contributed by atoms with Gasteiger partial charge in [0.05, 0.1) is 0 Å². The van der Waals surface area contributed by atoms with E-state index in [1.807, 2.05) is 0 Å². The number of carboxylic acid groups (broad SMARTS) is 2. The molecule has 0 radical (unpaired) electrons. The van der Waals surface area contributed by atoms with E-state index in [-0.39, 0.29) is 0 Å². The number of benzene rings is 1. The van der Waals surface area contributed by atoms with Crippen molar-refractivity contribution in [3.8, 4) is 0 Å². The molecule has 0 aliphatic heterocycles. The Morgan fingerprint density at radius 1 is 0.955 bits per heavy atom. The van der Waals surface area contributed by atoms with E-state index in [2.05, 4.69) is 49.2 Å². The third-order valence-electron chi connectivity index (χ3n) is 3.20. The highest BCUT2D eigenvalue weighted by Crippen LogP contribution is 2.03. The van der Waals surface area contributed by atoms with Crippen molar-refractivity contribution in [1.82, 2.24) is 4.90 Å². The van der Waals surface area contributed by atoms with Crippen LogP contribution in [0.15, 0.2) is 30.3 Å². The summed E-state index contributed by atoms with van der Waals surface area (Å²) in [7, 11) is 2.23. The van der Waals surface area contributed by atoms with Crippen molar-refractivity contribution in [1.29, 1.82) is 0 Å². The molecular weight excluding hydrogens is 282 g/mol. The largest absolute Gasteiger partial charge is 0.473 e. The fourth-order valence-electron chi connectivity index (χ4n) is 1.88. The van der Waals surface area contributed by atoms with E-state index < -0.39 is 11.9 Å². The van der Waals surface area contributed by atoms with Gasteiger partial charge in [-0.1, -0.05) is 56.5 Å². The Kier molecular flexibility index (Phi) is 11.7. The Bertz CT molecular complexity index is 408. The zero-order valence-electron chi connectivity index (χ0n) is 13.5. The van der Waals surface area contributed by atoms with Crippen LogP contribution in [-0.4, -0.2) is 47.2 Å². The zero-order valence-corrected chi connectivity index (χ0v) is 13.5. The molecule has 0 saturated heterocycles. The van der Waals surface area contributed by atoms with Crippen LogP contribution in [0.1, 0.15) is 38.2 Å². The molecule has 1 rings (SSSR count). The topological polar surface area (TPSA) is 77.8 Å². The van der Waals surface area contributed by atoms with E-state index in [9.17, 15) is 0 Å². The number of likely N-dealkylation sites (N-methyl/N-ethyl adjacent to an activating group) is 1. The van der Waals surface area contributed by atoms with Gasteiger partial charge in [0.15, 0.2) is 0 Å². The van der Waals surface area contributed by atoms with E-state index in [0.717, 1.165) is 0 Å². The summed E-state index contributed by atoms with van der Waals surface area (Å²) in [5.41, 5.74) is 1.45. The van der Waals surface area contributed by atoms with E-state index in [1.165, 1.54) is 50.8 Å². The van der Waals surface area contributed by atoms with Gasteiger partial charge >= 0.3 is 11.9 Å². The molecule has 0 amide bonds. The summed E-state index contributed by atoms with van der Waals surface area (Å²) < 4.78 is 0. The number of carbonyl (C=O) groups is 2. The molecule has 0 unspecified atom stereocenters. The van der Waals surface area contributed by atoms with Gasteiger partial charge in [-0.15, -0.1) is 0 Å². The number of aliphatic carboxylic acids is 2. The Hall–Kier alpha value is -1.88. The monoisotopic (exact) mass is 309 g/mol. The van der Waals surface area contributed by atoms with Gasteiger partial charge in [-0.25, -0.2) is 9.59 Å². The van der Waals surface area contributed by atoms with Gasteiger partial charge < -0.3 is 15.1 Å². The summed E-state index contributed by atoms with van der Waals surface area (Å²) >= 11 is 0. The fourth-order valence-corrected chi connectivity index (χ4v) is 1.88. The predicted octanol–water partition coefficient (Wildman–Crippen LogP) is 2.90. The van der Waals surface area contributed by atoms with Gasteiger partial charge in [0.1, 0.15) is 0 Å². The lowest BCUT2D eigenvalue weighted by atomic mass is 10.1. The maximum atomic E-state index is 9.10. The second kappa shape index (κ2) is 12.8. The molecule has 1 aromatic carbocycles. The SMILES string of the molecule is CCCCCCN(C)CCc1ccccc1.O=C(O)C(=O)O. The molecular formula is C17H27NO4. The van der Waals surface area contributed by atoms with Crippen LogP contribution < -0.4 is 0 Å². The second-order valence-corrected chi connectivity index (χ2v) is 5.21. The summed E-state index contributed by atoms with van der Waals surface area (Å²) in [6.45, 7) is 4.68. The Balaban J connectivity index is 0.000000626. The first-order chi connectivity index (χ1) is 10.5. The Labute approximate surface area is 132 Å². The molecule has 0 spiro atoms. The van der Waals surface area contributed by atoms with E-state index in [1.54, 1.807) is 0 Å². The predicted molar refractivity (Wildman–Crippen MR) is 87.1 cm³/mol. The lowest BCUT2D eigenvalue weighted by Gasteiger charge is -2.16. The van der Waals surface area contributed by atoms with Crippen molar-refractivity contribution in [2.24, 2.45) is 0 Å². The van der Waals surface area contributed by atoms with Crippen LogP contribution in [0.3, 0.4) is 0 Å². The molecule has 0 bridgehead atoms. The summed E-state index contributed by atoms with van der Waals surface area (Å²) in [6.07, 6.45) is 6.61. The third-order valence-corrected chi connectivity index (χ3v) is 3.20. The number of nitrogens with zero attached hydrogens (tertiary/aromatic N) is 1. The lowest BCUT2D eigenvalue weighted by Crippen LogP contribution is -2.22. The van der Waals surface area contributed by atoms with Crippen molar-refractivity contribution >= 4 is 11.9 Å². The minimum absolute atomic E-state index is 1.17. The van der Waals surface area contributed by atoms with Crippen LogP contribution in [0, 0.1) is 0 Å². The van der Waals surface area contributed by atoms with Gasteiger partial charge in [0.25, 0.3) is 0 Å². The highest BCUT2D eigenvalue weighted by Gasteiger charge is 2.04. The molecule has 5 heteroatoms. The molecule has 1 aromatic rings. The van der Waals surface area contributed by atoms with Gasteiger partial charge in [-0.05, 0) is 32.0 Å². The summed E-state index contributed by atoms with van der Waals surface area (Å²) in [5.74, 6) is -3.65. The zero-order chi connectivity index (χ0) is 16.8. The molecule has 2 N–H and O–H groups in total. The molecule has 0 aliphatic carbocycles. The fraction of sp³-hybridized carbons (Fsp3) is 0.529. The third kappa shape index (κ3) is 11.9. The number of unbranched alkanes of at least 4 members (excludes halogenated alkanes) is 3. The minimum Gasteiger partial charge on any atom is -0.473 e. The van der Waals surface area contributed by atoms with Crippen LogP contribution >= 0.6 is 0 Å². The molecule has 0 atom stereocenters. The molecule has 0 fully saturated rings. The van der Waals surface area contributed by atoms with E-state index >= 15 is 0 Å². The van der Waals surface area contributed by atoms with Crippen LogP contribution in [0.2, 0.25) is 0 Å². The number of hydrogen-bond acceptors (Lipinski definition) is 3. The molecule has 0 saturated carbocycles. The smallest absolute Gasteiger partial charge is 0.414 e. The standard InChI is InChI=1S/C15H25N.C2H2O4/c1-3-4-5-9-13-16(2)14-12-15-10-7-6-8-11-15;3-1(4)2(5)6/h6-8,10-11H,3-5,9,12-14H2,1-2H3;(H,3,4)(H,5,6). The van der Waals surface area contributed by atoms with Gasteiger partial charge in [-0.2, -0.15) is 0 Å². The highest BCUT2D eigenvalue weighted by atomic mass is 16.4. The van der Waals surface area contributed by atoms with Gasteiger partial charge in [-0.3, -0.25) is 0 Å². The van der Waals surface area contributed by atoms with Crippen molar-refractivity contribution in [3.63, 3.8) is 0 Å². The van der Waals surface area contributed by atoms with E-state index in [0.29, 0.717) is 0 Å². The average Bonchev–Trinajstić information content (AvgIpc) is 2.51. The molecule has 0 aromatic heterocycles. The van der Waals surface area contributed by atoms with Crippen LogP contribution in [-0.2, 0) is 16.0 Å². The molecule has 22 heavy (non-hydrogen) atoms. The lowest BCUT2D eigenvalue weighted by molar-refractivity contribution is -0.159. The van der Waals surface area contributed by atoms with Crippen molar-refractivity contribution in [2.45, 2.75) is 39.0 Å². The van der Waals surface area contributed by atoms with Crippen molar-refractivity contribution in [2.75, 3.05) is 20.1 Å². The summed E-state index contributed by atoms with van der Waals surface area (Å²) in [5, 5.41) is 14.8. The summed E-state index contributed by atoms with van der Waals surface area (Å²) in [4.78, 5) is 20.6. The van der Waals surface area contributed by atoms with Gasteiger partial charge in [0.2, 0.25) is 0 Å². The average molecular weight is 309 g/mol. The molecule has 0 heterocycles. The van der Waals surface area contributed by atoms with E-state index in [4.69, 9.17) is 19.8 Å². The molecule has 0 aliphatic rings. The Morgan fingerprint density at radius 3 is 2.05 bits per heavy atom. The second-order valence-electron chi connectivity index (χ2n) is 5.21. The molecule has 5 nitrogen and oxygen atoms in total.